The molecule has 1 atom stereocenters. The zero-order valence-corrected chi connectivity index (χ0v) is 6.62. The summed E-state index contributed by atoms with van der Waals surface area (Å²) in [5, 5.41) is 0. The molecule has 2 nitrogen and oxygen atoms in total. The standard InChI is InChI=1S/C9H13NO/c11-9-5-3-7-10-6-2-1-4-8(9)10/h3,5,8H,1-2,4,6-7H2. The molecule has 0 radical (unpaired) electrons. The largest absolute Gasteiger partial charge is 0.293 e. The molecule has 2 aliphatic heterocycles. The smallest absolute Gasteiger partial charge is 0.172 e. The lowest BCUT2D eigenvalue weighted by Gasteiger charge is -2.35. The maximum atomic E-state index is 11.3. The molecule has 0 spiro atoms. The van der Waals surface area contributed by atoms with Gasteiger partial charge in [0, 0.05) is 6.54 Å². The van der Waals surface area contributed by atoms with Crippen LogP contribution in [-0.2, 0) is 4.79 Å². The summed E-state index contributed by atoms with van der Waals surface area (Å²) in [5.74, 6) is 0.316. The molecule has 0 amide bonds. The summed E-state index contributed by atoms with van der Waals surface area (Å²) in [4.78, 5) is 13.6. The van der Waals surface area contributed by atoms with E-state index in [2.05, 4.69) is 4.90 Å². The lowest BCUT2D eigenvalue weighted by Crippen LogP contribution is -2.46. The first-order chi connectivity index (χ1) is 5.38. The Morgan fingerprint density at radius 1 is 1.45 bits per heavy atom. The van der Waals surface area contributed by atoms with Crippen LogP contribution in [0.15, 0.2) is 12.2 Å². The maximum Gasteiger partial charge on any atom is 0.172 e. The summed E-state index contributed by atoms with van der Waals surface area (Å²) in [6.07, 6.45) is 7.28. The van der Waals surface area contributed by atoms with Gasteiger partial charge >= 0.3 is 0 Å². The van der Waals surface area contributed by atoms with Crippen LogP contribution in [0.1, 0.15) is 19.3 Å². The third-order valence-corrected chi connectivity index (χ3v) is 2.56. The molecule has 0 aromatic rings. The van der Waals surface area contributed by atoms with Gasteiger partial charge in [-0.1, -0.05) is 12.5 Å². The Labute approximate surface area is 66.9 Å². The van der Waals surface area contributed by atoms with Crippen LogP contribution in [0.4, 0.5) is 0 Å². The van der Waals surface area contributed by atoms with E-state index >= 15 is 0 Å². The molecular formula is C9H13NO. The van der Waals surface area contributed by atoms with Gasteiger partial charge in [0.25, 0.3) is 0 Å². The molecule has 1 saturated heterocycles. The second kappa shape index (κ2) is 2.78. The van der Waals surface area contributed by atoms with Gasteiger partial charge in [-0.15, -0.1) is 0 Å². The van der Waals surface area contributed by atoms with Gasteiger partial charge in [-0.05, 0) is 25.5 Å². The molecule has 2 heteroatoms. The number of carbonyl (C=O) groups is 1. The summed E-state index contributed by atoms with van der Waals surface area (Å²) in [6.45, 7) is 2.09. The number of piperidine rings is 1. The van der Waals surface area contributed by atoms with E-state index in [4.69, 9.17) is 0 Å². The Hall–Kier alpha value is -0.630. The monoisotopic (exact) mass is 151 g/mol. The van der Waals surface area contributed by atoms with Crippen LogP contribution >= 0.6 is 0 Å². The van der Waals surface area contributed by atoms with Gasteiger partial charge in [-0.2, -0.15) is 0 Å². The normalized spacial score (nSPS) is 32.0. The van der Waals surface area contributed by atoms with Crippen molar-refractivity contribution in [3.63, 3.8) is 0 Å². The van der Waals surface area contributed by atoms with Crippen LogP contribution in [-0.4, -0.2) is 29.8 Å². The van der Waals surface area contributed by atoms with Gasteiger partial charge in [-0.25, -0.2) is 0 Å². The number of hydrogen-bond acceptors (Lipinski definition) is 2. The molecule has 0 aliphatic carbocycles. The van der Waals surface area contributed by atoms with Crippen molar-refractivity contribution in [3.05, 3.63) is 12.2 Å². The van der Waals surface area contributed by atoms with E-state index in [9.17, 15) is 4.79 Å². The predicted octanol–water partition coefficient (Wildman–Crippen LogP) is 0.980. The molecule has 60 valence electrons. The number of rotatable bonds is 0. The first-order valence-electron chi connectivity index (χ1n) is 4.32. The van der Waals surface area contributed by atoms with Crippen molar-refractivity contribution in [3.8, 4) is 0 Å². The summed E-state index contributed by atoms with van der Waals surface area (Å²) >= 11 is 0. The first-order valence-corrected chi connectivity index (χ1v) is 4.32. The number of ketones is 1. The number of carbonyl (C=O) groups excluding carboxylic acids is 1. The van der Waals surface area contributed by atoms with E-state index in [1.807, 2.05) is 6.08 Å². The Kier molecular flexibility index (Phi) is 1.78. The Balaban J connectivity index is 2.14. The lowest BCUT2D eigenvalue weighted by molar-refractivity contribution is -0.121. The van der Waals surface area contributed by atoms with Gasteiger partial charge in [-0.3, -0.25) is 9.69 Å². The van der Waals surface area contributed by atoms with Crippen molar-refractivity contribution in [2.75, 3.05) is 13.1 Å². The minimum Gasteiger partial charge on any atom is -0.293 e. The zero-order chi connectivity index (χ0) is 7.68. The van der Waals surface area contributed by atoms with Crippen LogP contribution in [0, 0.1) is 0 Å². The van der Waals surface area contributed by atoms with Crippen molar-refractivity contribution in [2.24, 2.45) is 0 Å². The van der Waals surface area contributed by atoms with Crippen LogP contribution in [0.5, 0.6) is 0 Å². The average Bonchev–Trinajstić information content (AvgIpc) is 2.06. The molecule has 2 rings (SSSR count). The summed E-state index contributed by atoms with van der Waals surface area (Å²) < 4.78 is 0. The molecule has 1 unspecified atom stereocenters. The fraction of sp³-hybridized carbons (Fsp3) is 0.667. The molecule has 2 aliphatic rings. The molecule has 0 bridgehead atoms. The number of fused-ring (bicyclic) bond motifs is 1. The minimum atomic E-state index is 0.230. The highest BCUT2D eigenvalue weighted by atomic mass is 16.1. The molecular weight excluding hydrogens is 138 g/mol. The first kappa shape index (κ1) is 7.04. The Morgan fingerprint density at radius 3 is 3.18 bits per heavy atom. The van der Waals surface area contributed by atoms with Gasteiger partial charge in [0.15, 0.2) is 5.78 Å². The highest BCUT2D eigenvalue weighted by molar-refractivity contribution is 5.95. The van der Waals surface area contributed by atoms with Crippen molar-refractivity contribution < 1.29 is 4.79 Å². The third kappa shape index (κ3) is 1.23. The second-order valence-corrected chi connectivity index (χ2v) is 3.31. The highest BCUT2D eigenvalue weighted by Gasteiger charge is 2.28. The average molecular weight is 151 g/mol. The number of hydrogen-bond donors (Lipinski definition) is 0. The fourth-order valence-corrected chi connectivity index (χ4v) is 1.95. The third-order valence-electron chi connectivity index (χ3n) is 2.56. The van der Waals surface area contributed by atoms with Gasteiger partial charge < -0.3 is 0 Å². The second-order valence-electron chi connectivity index (χ2n) is 3.31. The van der Waals surface area contributed by atoms with E-state index in [0.29, 0.717) is 5.78 Å². The fourth-order valence-electron chi connectivity index (χ4n) is 1.95. The van der Waals surface area contributed by atoms with E-state index < -0.39 is 0 Å². The predicted molar refractivity (Wildman–Crippen MR) is 43.4 cm³/mol. The molecule has 0 N–H and O–H groups in total. The maximum absolute atomic E-state index is 11.3. The Morgan fingerprint density at radius 2 is 2.36 bits per heavy atom. The SMILES string of the molecule is O=C1C=CCN2CCCCC12. The van der Waals surface area contributed by atoms with Crippen LogP contribution in [0.3, 0.4) is 0 Å². The van der Waals surface area contributed by atoms with Crippen molar-refractivity contribution in [1.29, 1.82) is 0 Å². The summed E-state index contributed by atoms with van der Waals surface area (Å²) in [7, 11) is 0. The summed E-state index contributed by atoms with van der Waals surface area (Å²) in [5.41, 5.74) is 0. The van der Waals surface area contributed by atoms with E-state index in [1.54, 1.807) is 6.08 Å². The van der Waals surface area contributed by atoms with E-state index in [-0.39, 0.29) is 6.04 Å². The van der Waals surface area contributed by atoms with E-state index in [0.717, 1.165) is 19.5 Å². The van der Waals surface area contributed by atoms with Gasteiger partial charge in [0.1, 0.15) is 0 Å². The molecule has 0 saturated carbocycles. The Bertz CT molecular complexity index is 198. The molecule has 2 heterocycles. The van der Waals surface area contributed by atoms with Crippen LogP contribution in [0.25, 0.3) is 0 Å². The molecule has 11 heavy (non-hydrogen) atoms. The molecule has 1 fully saturated rings. The zero-order valence-electron chi connectivity index (χ0n) is 6.62. The topological polar surface area (TPSA) is 20.3 Å². The highest BCUT2D eigenvalue weighted by Crippen LogP contribution is 2.20. The summed E-state index contributed by atoms with van der Waals surface area (Å²) in [6, 6.07) is 0.230. The van der Waals surface area contributed by atoms with Gasteiger partial charge in [0.2, 0.25) is 0 Å². The quantitative estimate of drug-likeness (QED) is 0.514. The van der Waals surface area contributed by atoms with Crippen molar-refractivity contribution in [1.82, 2.24) is 4.90 Å². The van der Waals surface area contributed by atoms with Crippen molar-refractivity contribution >= 4 is 5.78 Å². The van der Waals surface area contributed by atoms with Crippen LogP contribution in [0.2, 0.25) is 0 Å². The molecule has 0 aromatic carbocycles. The number of nitrogens with zero attached hydrogens (tertiary/aromatic N) is 1. The van der Waals surface area contributed by atoms with Crippen LogP contribution < -0.4 is 0 Å². The van der Waals surface area contributed by atoms with E-state index in [1.165, 1.54) is 12.8 Å². The van der Waals surface area contributed by atoms with Gasteiger partial charge in [0.05, 0.1) is 6.04 Å². The minimum absolute atomic E-state index is 0.230. The molecule has 0 aromatic heterocycles. The lowest BCUT2D eigenvalue weighted by atomic mass is 9.96. The van der Waals surface area contributed by atoms with Crippen molar-refractivity contribution in [2.45, 2.75) is 25.3 Å².